The van der Waals surface area contributed by atoms with Crippen LogP contribution in [0.4, 0.5) is 5.69 Å². The van der Waals surface area contributed by atoms with Crippen LogP contribution in [0.2, 0.25) is 0 Å². The standard InChI is InChI=1S/C12H17ClN2S/c1-12(2)9-15(5-6-16-12)11-3-4-14-8-10(11)7-13/h3-4,8H,5-7,9H2,1-2H3. The van der Waals surface area contributed by atoms with Gasteiger partial charge in [0.2, 0.25) is 0 Å². The zero-order chi connectivity index (χ0) is 11.6. The first kappa shape index (κ1) is 12.1. The van der Waals surface area contributed by atoms with E-state index in [0.717, 1.165) is 18.7 Å². The number of halogens is 1. The summed E-state index contributed by atoms with van der Waals surface area (Å²) >= 11 is 7.99. The number of alkyl halides is 1. The molecule has 1 fully saturated rings. The molecule has 4 heteroatoms. The molecular formula is C12H17ClN2S. The van der Waals surface area contributed by atoms with Crippen LogP contribution in [-0.2, 0) is 5.88 Å². The molecule has 0 N–H and O–H groups in total. The first-order valence-corrected chi connectivity index (χ1v) is 7.02. The average Bonchev–Trinajstić information content (AvgIpc) is 2.27. The van der Waals surface area contributed by atoms with E-state index in [1.807, 2.05) is 24.2 Å². The van der Waals surface area contributed by atoms with Gasteiger partial charge in [0.25, 0.3) is 0 Å². The SMILES string of the molecule is CC1(C)CN(c2ccncc2CCl)CCS1. The number of pyridine rings is 1. The van der Waals surface area contributed by atoms with Crippen molar-refractivity contribution in [3.8, 4) is 0 Å². The molecular weight excluding hydrogens is 240 g/mol. The number of nitrogens with zero attached hydrogens (tertiary/aromatic N) is 2. The normalized spacial score (nSPS) is 19.8. The Morgan fingerprint density at radius 1 is 1.56 bits per heavy atom. The Balaban J connectivity index is 2.23. The summed E-state index contributed by atoms with van der Waals surface area (Å²) in [6.45, 7) is 6.77. The quantitative estimate of drug-likeness (QED) is 0.757. The summed E-state index contributed by atoms with van der Waals surface area (Å²) in [5, 5.41) is 0. The van der Waals surface area contributed by atoms with E-state index in [1.54, 1.807) is 0 Å². The number of hydrogen-bond donors (Lipinski definition) is 0. The lowest BCUT2D eigenvalue weighted by atomic mass is 10.1. The highest BCUT2D eigenvalue weighted by Crippen LogP contribution is 2.33. The fraction of sp³-hybridized carbons (Fsp3) is 0.583. The molecule has 0 aromatic carbocycles. The molecule has 0 aliphatic carbocycles. The van der Waals surface area contributed by atoms with Crippen LogP contribution in [0.1, 0.15) is 19.4 Å². The number of aromatic nitrogens is 1. The predicted molar refractivity (Wildman–Crippen MR) is 72.5 cm³/mol. The van der Waals surface area contributed by atoms with Crippen LogP contribution in [0.3, 0.4) is 0 Å². The lowest BCUT2D eigenvalue weighted by molar-refractivity contribution is 0.646. The van der Waals surface area contributed by atoms with E-state index in [2.05, 4.69) is 29.8 Å². The van der Waals surface area contributed by atoms with Gasteiger partial charge in [-0.3, -0.25) is 4.98 Å². The van der Waals surface area contributed by atoms with Gasteiger partial charge in [0.1, 0.15) is 0 Å². The van der Waals surface area contributed by atoms with Crippen molar-refractivity contribution >= 4 is 29.1 Å². The van der Waals surface area contributed by atoms with Crippen molar-refractivity contribution in [1.82, 2.24) is 4.98 Å². The van der Waals surface area contributed by atoms with Crippen LogP contribution in [0, 0.1) is 0 Å². The minimum Gasteiger partial charge on any atom is -0.369 e. The summed E-state index contributed by atoms with van der Waals surface area (Å²) in [7, 11) is 0. The average molecular weight is 257 g/mol. The van der Waals surface area contributed by atoms with Crippen molar-refractivity contribution in [3.05, 3.63) is 24.0 Å². The summed E-state index contributed by atoms with van der Waals surface area (Å²) in [5.41, 5.74) is 2.38. The Morgan fingerprint density at radius 2 is 2.38 bits per heavy atom. The fourth-order valence-electron chi connectivity index (χ4n) is 2.05. The molecule has 0 amide bonds. The lowest BCUT2D eigenvalue weighted by Crippen LogP contribution is -2.43. The maximum absolute atomic E-state index is 5.95. The van der Waals surface area contributed by atoms with E-state index in [0.29, 0.717) is 10.6 Å². The maximum Gasteiger partial charge on any atom is 0.0509 e. The molecule has 0 spiro atoms. The second kappa shape index (κ2) is 4.84. The van der Waals surface area contributed by atoms with Crippen molar-refractivity contribution in [2.75, 3.05) is 23.7 Å². The Labute approximate surface area is 106 Å². The maximum atomic E-state index is 5.95. The highest BCUT2D eigenvalue weighted by molar-refractivity contribution is 8.00. The van der Waals surface area contributed by atoms with Crippen LogP contribution in [0.25, 0.3) is 0 Å². The van der Waals surface area contributed by atoms with Gasteiger partial charge >= 0.3 is 0 Å². The number of thioether (sulfide) groups is 1. The van der Waals surface area contributed by atoms with Gasteiger partial charge in [-0.2, -0.15) is 11.8 Å². The second-order valence-corrected chi connectivity index (χ2v) is 6.74. The third kappa shape index (κ3) is 2.64. The van der Waals surface area contributed by atoms with E-state index in [9.17, 15) is 0 Å². The van der Waals surface area contributed by atoms with E-state index in [1.165, 1.54) is 11.4 Å². The van der Waals surface area contributed by atoms with Crippen molar-refractivity contribution < 1.29 is 0 Å². The number of rotatable bonds is 2. The molecule has 1 aliphatic rings. The van der Waals surface area contributed by atoms with Crippen molar-refractivity contribution in [1.29, 1.82) is 0 Å². The molecule has 1 aliphatic heterocycles. The summed E-state index contributed by atoms with van der Waals surface area (Å²) in [4.78, 5) is 6.56. The van der Waals surface area contributed by atoms with Crippen LogP contribution in [0.5, 0.6) is 0 Å². The Hall–Kier alpha value is -0.410. The molecule has 0 saturated carbocycles. The number of hydrogen-bond acceptors (Lipinski definition) is 3. The minimum absolute atomic E-state index is 0.325. The third-order valence-corrected chi connectivity index (χ3v) is 4.37. The molecule has 1 saturated heterocycles. The van der Waals surface area contributed by atoms with Gasteiger partial charge in [0.15, 0.2) is 0 Å². The van der Waals surface area contributed by atoms with E-state index in [4.69, 9.17) is 11.6 Å². The topological polar surface area (TPSA) is 16.1 Å². The first-order chi connectivity index (χ1) is 7.62. The molecule has 0 unspecified atom stereocenters. The van der Waals surface area contributed by atoms with Crippen LogP contribution in [-0.4, -0.2) is 28.6 Å². The Kier molecular flexibility index (Phi) is 3.65. The first-order valence-electron chi connectivity index (χ1n) is 5.50. The molecule has 0 bridgehead atoms. The summed E-state index contributed by atoms with van der Waals surface area (Å²) in [6, 6.07) is 2.07. The van der Waals surface area contributed by atoms with Crippen molar-refractivity contribution in [2.45, 2.75) is 24.5 Å². The van der Waals surface area contributed by atoms with Crippen molar-refractivity contribution in [3.63, 3.8) is 0 Å². The molecule has 1 aromatic heterocycles. The van der Waals surface area contributed by atoms with Crippen LogP contribution >= 0.6 is 23.4 Å². The lowest BCUT2D eigenvalue weighted by Gasteiger charge is -2.39. The van der Waals surface area contributed by atoms with Crippen molar-refractivity contribution in [2.24, 2.45) is 0 Å². The predicted octanol–water partition coefficient (Wildman–Crippen LogP) is 3.15. The van der Waals surface area contributed by atoms with Gasteiger partial charge in [-0.15, -0.1) is 11.6 Å². The molecule has 1 aromatic rings. The molecule has 0 radical (unpaired) electrons. The zero-order valence-electron chi connectivity index (χ0n) is 9.74. The largest absolute Gasteiger partial charge is 0.369 e. The van der Waals surface area contributed by atoms with Gasteiger partial charge in [0.05, 0.1) is 5.88 Å². The Morgan fingerprint density at radius 3 is 3.06 bits per heavy atom. The third-order valence-electron chi connectivity index (χ3n) is 2.79. The van der Waals surface area contributed by atoms with Gasteiger partial charge < -0.3 is 4.90 Å². The second-order valence-electron chi connectivity index (χ2n) is 4.67. The van der Waals surface area contributed by atoms with Gasteiger partial charge in [0, 0.05) is 47.2 Å². The van der Waals surface area contributed by atoms with E-state index >= 15 is 0 Å². The van der Waals surface area contributed by atoms with Gasteiger partial charge in [-0.1, -0.05) is 0 Å². The monoisotopic (exact) mass is 256 g/mol. The van der Waals surface area contributed by atoms with E-state index < -0.39 is 0 Å². The molecule has 88 valence electrons. The number of anilines is 1. The van der Waals surface area contributed by atoms with Crippen LogP contribution in [0.15, 0.2) is 18.5 Å². The molecule has 2 nitrogen and oxygen atoms in total. The van der Waals surface area contributed by atoms with Crippen LogP contribution < -0.4 is 4.90 Å². The molecule has 16 heavy (non-hydrogen) atoms. The summed E-state index contributed by atoms with van der Waals surface area (Å²) in [5.74, 6) is 1.71. The zero-order valence-corrected chi connectivity index (χ0v) is 11.3. The molecule has 0 atom stereocenters. The highest BCUT2D eigenvalue weighted by Gasteiger charge is 2.27. The Bertz CT molecular complexity index is 368. The summed E-state index contributed by atoms with van der Waals surface area (Å²) in [6.07, 6.45) is 3.72. The smallest absolute Gasteiger partial charge is 0.0509 e. The molecule has 2 heterocycles. The van der Waals surface area contributed by atoms with Gasteiger partial charge in [-0.25, -0.2) is 0 Å². The fourth-order valence-corrected chi connectivity index (χ4v) is 3.37. The highest BCUT2D eigenvalue weighted by atomic mass is 35.5. The van der Waals surface area contributed by atoms with E-state index in [-0.39, 0.29) is 0 Å². The summed E-state index contributed by atoms with van der Waals surface area (Å²) < 4.78 is 0.325. The molecule has 2 rings (SSSR count). The van der Waals surface area contributed by atoms with Gasteiger partial charge in [-0.05, 0) is 19.9 Å². The minimum atomic E-state index is 0.325.